The normalized spacial score (nSPS) is 6.65. The summed E-state index contributed by atoms with van der Waals surface area (Å²) in [6, 6.07) is 1.89. The molecule has 9 nitrogen and oxygen atoms in total. The zero-order valence-corrected chi connectivity index (χ0v) is 21.2. The first kappa shape index (κ1) is 63.0. The van der Waals surface area contributed by atoms with Crippen molar-refractivity contribution in [3.8, 4) is 0 Å². The second-order valence-corrected chi connectivity index (χ2v) is 3.29. The number of hydrogen-bond acceptors (Lipinski definition) is 1. The molecule has 1 aromatic heterocycles. The number of furan rings is 1. The van der Waals surface area contributed by atoms with E-state index in [0.29, 0.717) is 0 Å². The first-order valence-corrected chi connectivity index (χ1v) is 10.9. The molecule has 1 aliphatic carbocycles. The molecular formula is C19H17Co2O9W-. The maximum absolute atomic E-state index is 7.50. The second kappa shape index (κ2) is 136. The summed E-state index contributed by atoms with van der Waals surface area (Å²) >= 11 is 4.92. The van der Waals surface area contributed by atoms with Gasteiger partial charge in [-0.05, 0) is 5.76 Å². The van der Waals surface area contributed by atoms with E-state index < -0.39 is 0 Å². The molecule has 12 heteroatoms. The Balaban J connectivity index is -0.0000000209. The summed E-state index contributed by atoms with van der Waals surface area (Å²) < 4.78 is 64.9. The first-order valence-electron chi connectivity index (χ1n) is 6.43. The zero-order chi connectivity index (χ0) is 26.8. The number of rotatable bonds is 0. The Labute approximate surface area is 210 Å². The van der Waals surface area contributed by atoms with Crippen LogP contribution in [0.15, 0.2) is 16.7 Å². The standard InChI is InChI=1S/C6H7O.C5H10.8CO.2Co.W/c1-5-3-4-7-6(5)2;1-2-4-5-3-1;8*1-2;;;/h3-4H,2H2,1H3;1-5H2;;;;;;;;;;;/q-1;;;;;;;;;;;;. The molecule has 1 radical (unpaired) electrons. The van der Waals surface area contributed by atoms with Crippen LogP contribution in [0, 0.1) is 67.1 Å². The van der Waals surface area contributed by atoms with Gasteiger partial charge in [0.15, 0.2) is 0 Å². The van der Waals surface area contributed by atoms with Gasteiger partial charge in [-0.2, -0.15) is 5.56 Å². The fourth-order valence-electron chi connectivity index (χ4n) is 1.29. The van der Waals surface area contributed by atoms with Crippen LogP contribution in [0.2, 0.25) is 0 Å². The van der Waals surface area contributed by atoms with Gasteiger partial charge < -0.3 is 4.42 Å². The molecule has 0 N–H and O–H groups in total. The molecule has 31 heavy (non-hydrogen) atoms. The van der Waals surface area contributed by atoms with E-state index in [1.807, 2.05) is 13.0 Å². The molecule has 0 bridgehead atoms. The summed E-state index contributed by atoms with van der Waals surface area (Å²) in [7, 11) is 0. The van der Waals surface area contributed by atoms with E-state index in [2.05, 4.69) is 72.7 Å². The van der Waals surface area contributed by atoms with Gasteiger partial charge in [0.05, 0.1) is 6.26 Å². The van der Waals surface area contributed by atoms with E-state index in [4.69, 9.17) is 41.6 Å². The Morgan fingerprint density at radius 3 is 0.935 bits per heavy atom. The Morgan fingerprint density at radius 2 is 0.871 bits per heavy atom. The quantitative estimate of drug-likeness (QED) is 0.295. The molecule has 1 fully saturated rings. The topological polar surface area (TPSA) is 172 Å². The van der Waals surface area contributed by atoms with Crippen molar-refractivity contribution < 1.29 is 88.2 Å². The van der Waals surface area contributed by atoms with Gasteiger partial charge in [0.1, 0.15) is 0 Å². The molecule has 0 atom stereocenters. The van der Waals surface area contributed by atoms with Crippen LogP contribution in [0.3, 0.4) is 0 Å². The summed E-state index contributed by atoms with van der Waals surface area (Å²) in [4.78, 5) is 0. The van der Waals surface area contributed by atoms with Gasteiger partial charge in [-0.3, -0.25) is 0 Å². The first-order chi connectivity index (χ1) is 14.8. The van der Waals surface area contributed by atoms with Crippen LogP contribution >= 0.6 is 0 Å². The summed E-state index contributed by atoms with van der Waals surface area (Å²) in [5, 5.41) is 0. The molecule has 0 unspecified atom stereocenters. The SMILES string of the molecule is C1CCCC1.[C-]#[O+].[C-]#[O+].[C-]#[O+].[C-]#[O+].[C-]#[O+].[C-]#[O+].[C-]#[O+].[C-]#[O+].[CH2-]c1occc1C.[Co].[Co]=[W]. The third kappa shape index (κ3) is 109. The van der Waals surface area contributed by atoms with E-state index in [9.17, 15) is 0 Å². The molecular weight excluding hydrogens is 674 g/mol. The molecule has 0 saturated heterocycles. The molecule has 2 rings (SSSR count). The molecule has 1 aliphatic rings. The fraction of sp³-hybridized carbons (Fsp3) is 0.316. The van der Waals surface area contributed by atoms with Gasteiger partial charge in [-0.15, -0.1) is 13.0 Å². The van der Waals surface area contributed by atoms with Crippen molar-refractivity contribution in [2.45, 2.75) is 39.0 Å². The van der Waals surface area contributed by atoms with Gasteiger partial charge in [0.2, 0.25) is 0 Å². The Morgan fingerprint density at radius 1 is 0.677 bits per heavy atom. The summed E-state index contributed by atoms with van der Waals surface area (Å²) in [5.41, 5.74) is 1.11. The molecule has 172 valence electrons. The Kier molecular flexibility index (Phi) is 277. The van der Waals surface area contributed by atoms with E-state index in [-0.39, 0.29) is 16.8 Å². The number of hydrogen-bond donors (Lipinski definition) is 0. The van der Waals surface area contributed by atoms with E-state index >= 15 is 0 Å². The molecule has 0 amide bonds. The van der Waals surface area contributed by atoms with Gasteiger partial charge in [-0.25, -0.2) is 6.92 Å². The van der Waals surface area contributed by atoms with Crippen molar-refractivity contribution in [2.24, 2.45) is 0 Å². The third-order valence-corrected chi connectivity index (χ3v) is 2.22. The average Bonchev–Trinajstić information content (AvgIpc) is 3.61. The second-order valence-electron chi connectivity index (χ2n) is 3.29. The Hall–Kier alpha value is -1.23. The zero-order valence-electron chi connectivity index (χ0n) is 16.1. The van der Waals surface area contributed by atoms with E-state index in [0.717, 1.165) is 11.3 Å². The molecule has 1 saturated carbocycles. The molecule has 0 aromatic carbocycles. The predicted octanol–water partition coefficient (Wildman–Crippen LogP) is 3.41. The Bertz CT molecular complexity index is 442. The van der Waals surface area contributed by atoms with Crippen LogP contribution in [0.4, 0.5) is 0 Å². The number of aryl methyl sites for hydroxylation is 1. The predicted molar refractivity (Wildman–Crippen MR) is 82.4 cm³/mol. The average molecular weight is 691 g/mol. The third-order valence-electron chi connectivity index (χ3n) is 2.22. The van der Waals surface area contributed by atoms with Crippen molar-refractivity contribution in [1.29, 1.82) is 0 Å². The molecule has 1 heterocycles. The molecule has 0 aliphatic heterocycles. The van der Waals surface area contributed by atoms with Crippen LogP contribution in [0.5, 0.6) is 0 Å². The maximum atomic E-state index is 7.50. The minimum absolute atomic E-state index is 0. The molecule has 1 aromatic rings. The minimum atomic E-state index is 0. The van der Waals surface area contributed by atoms with E-state index in [1.54, 1.807) is 6.26 Å². The van der Waals surface area contributed by atoms with Crippen LogP contribution in [0.25, 0.3) is 0 Å². The van der Waals surface area contributed by atoms with Gasteiger partial charge >= 0.3 is 120 Å². The fourth-order valence-corrected chi connectivity index (χ4v) is 1.29. The van der Waals surface area contributed by atoms with Gasteiger partial charge in [-0.1, -0.05) is 32.1 Å². The molecule has 0 spiro atoms. The van der Waals surface area contributed by atoms with Crippen molar-refractivity contribution in [1.82, 2.24) is 0 Å². The van der Waals surface area contributed by atoms with Crippen LogP contribution in [-0.4, -0.2) is 0 Å². The van der Waals surface area contributed by atoms with Crippen molar-refractivity contribution in [3.05, 3.63) is 83.8 Å². The van der Waals surface area contributed by atoms with E-state index in [1.165, 1.54) is 49.3 Å². The van der Waals surface area contributed by atoms with Crippen molar-refractivity contribution in [2.75, 3.05) is 0 Å². The van der Waals surface area contributed by atoms with Crippen molar-refractivity contribution >= 4 is 0 Å². The van der Waals surface area contributed by atoms with Crippen LogP contribution < -0.4 is 0 Å². The summed E-state index contributed by atoms with van der Waals surface area (Å²) in [6.07, 6.45) is 9.14. The van der Waals surface area contributed by atoms with Crippen LogP contribution in [-0.2, 0) is 83.8 Å². The monoisotopic (exact) mass is 691 g/mol. The summed E-state index contributed by atoms with van der Waals surface area (Å²) in [6.45, 7) is 41.6. The summed E-state index contributed by atoms with van der Waals surface area (Å²) in [5.74, 6) is 0.764. The van der Waals surface area contributed by atoms with Crippen molar-refractivity contribution in [3.63, 3.8) is 0 Å². The van der Waals surface area contributed by atoms with Crippen LogP contribution in [0.1, 0.15) is 43.4 Å². The van der Waals surface area contributed by atoms with Gasteiger partial charge in [0.25, 0.3) is 0 Å². The van der Waals surface area contributed by atoms with Gasteiger partial charge in [0, 0.05) is 16.8 Å².